The van der Waals surface area contributed by atoms with Crippen molar-refractivity contribution in [1.29, 1.82) is 0 Å². The topological polar surface area (TPSA) is 88.7 Å². The van der Waals surface area contributed by atoms with Crippen LogP contribution in [0.3, 0.4) is 0 Å². The Labute approximate surface area is 213 Å². The molecule has 0 spiro atoms. The van der Waals surface area contributed by atoms with Gasteiger partial charge in [0.2, 0.25) is 0 Å². The Hall–Kier alpha value is -3.44. The third kappa shape index (κ3) is 4.22. The maximum Gasteiger partial charge on any atom is 0.418 e. The predicted octanol–water partition coefficient (Wildman–Crippen LogP) is 4.04. The molecule has 0 radical (unpaired) electrons. The van der Waals surface area contributed by atoms with Gasteiger partial charge in [-0.25, -0.2) is 4.98 Å². The van der Waals surface area contributed by atoms with Crippen molar-refractivity contribution in [3.63, 3.8) is 0 Å². The van der Waals surface area contributed by atoms with Crippen LogP contribution in [0.1, 0.15) is 16.7 Å². The number of thioether (sulfide) groups is 1. The molecule has 2 aromatic heterocycles. The second kappa shape index (κ2) is 9.21. The van der Waals surface area contributed by atoms with E-state index in [2.05, 4.69) is 26.3 Å². The van der Waals surface area contributed by atoms with Crippen LogP contribution in [0.4, 0.5) is 19.0 Å². The minimum absolute atomic E-state index is 0.0698. The highest BCUT2D eigenvalue weighted by Gasteiger charge is 2.35. The Balaban J connectivity index is 1.70. The number of hydrogen-bond donors (Lipinski definition) is 2. The summed E-state index contributed by atoms with van der Waals surface area (Å²) < 4.78 is 46.7. The van der Waals surface area contributed by atoms with Crippen LogP contribution < -0.4 is 26.4 Å². The first-order valence-electron chi connectivity index (χ1n) is 10.7. The molecule has 0 amide bonds. The maximum absolute atomic E-state index is 13.6. The van der Waals surface area contributed by atoms with Crippen molar-refractivity contribution in [2.75, 3.05) is 18.7 Å². The van der Waals surface area contributed by atoms with E-state index >= 15 is 0 Å². The lowest BCUT2D eigenvalue weighted by Gasteiger charge is -2.25. The number of aromatic nitrogens is 2. The summed E-state index contributed by atoms with van der Waals surface area (Å²) in [5.41, 5.74) is 6.43. The van der Waals surface area contributed by atoms with Crippen LogP contribution in [0.15, 0.2) is 53.1 Å². The van der Waals surface area contributed by atoms with Gasteiger partial charge in [-0.1, -0.05) is 11.6 Å². The zero-order valence-corrected chi connectivity index (χ0v) is 20.7. The predicted molar refractivity (Wildman–Crippen MR) is 132 cm³/mol. The highest BCUT2D eigenvalue weighted by Crippen LogP contribution is 2.40. The van der Waals surface area contributed by atoms with E-state index in [4.69, 9.17) is 22.1 Å². The second-order valence-electron chi connectivity index (χ2n) is 8.12. The minimum atomic E-state index is -4.59. The molecule has 0 saturated heterocycles. The van der Waals surface area contributed by atoms with Gasteiger partial charge in [0.15, 0.2) is 0 Å². The van der Waals surface area contributed by atoms with Crippen molar-refractivity contribution in [2.45, 2.75) is 24.5 Å². The first-order valence-corrected chi connectivity index (χ1v) is 12.3. The molecular formula is C24H20ClF3N6OS. The molecule has 3 N–H and O–H groups in total. The van der Waals surface area contributed by atoms with Gasteiger partial charge in [0.05, 0.1) is 27.7 Å². The third-order valence-corrected chi connectivity index (χ3v) is 7.02. The molecule has 0 saturated carbocycles. The molecule has 0 atom stereocenters. The molecule has 5 rings (SSSR count). The number of alkyl halides is 3. The van der Waals surface area contributed by atoms with Gasteiger partial charge in [-0.05, 0) is 36.4 Å². The number of pyridine rings is 2. The van der Waals surface area contributed by atoms with Gasteiger partial charge < -0.3 is 20.7 Å². The van der Waals surface area contributed by atoms with E-state index in [-0.39, 0.29) is 34.2 Å². The highest BCUT2D eigenvalue weighted by atomic mass is 35.5. The lowest BCUT2D eigenvalue weighted by molar-refractivity contribution is -0.138. The smallest absolute Gasteiger partial charge is 0.418 e. The van der Waals surface area contributed by atoms with Gasteiger partial charge >= 0.3 is 6.18 Å². The first kappa shape index (κ1) is 24.3. The molecule has 0 unspecified atom stereocenters. The van der Waals surface area contributed by atoms with Gasteiger partial charge in [-0.3, -0.25) is 9.98 Å². The Morgan fingerprint density at radius 2 is 2.06 bits per heavy atom. The average Bonchev–Trinajstić information content (AvgIpc) is 3.01. The molecule has 4 heterocycles. The van der Waals surface area contributed by atoms with Crippen LogP contribution in [-0.4, -0.2) is 27.8 Å². The normalized spacial score (nSPS) is 14.5. The number of nitrogens with two attached hydrogens (primary N) is 1. The fourth-order valence-electron chi connectivity index (χ4n) is 4.29. The summed E-state index contributed by atoms with van der Waals surface area (Å²) in [6, 6.07) is 3.63. The number of anilines is 1. The minimum Gasteiger partial charge on any atom is -0.463 e. The molecular weight excluding hydrogens is 513 g/mol. The Morgan fingerprint density at radius 1 is 1.25 bits per heavy atom. The van der Waals surface area contributed by atoms with Crippen molar-refractivity contribution < 1.29 is 17.9 Å². The zero-order valence-electron chi connectivity index (χ0n) is 19.2. The number of nitrogens with one attached hydrogen (secondary N) is 1. The van der Waals surface area contributed by atoms with Crippen LogP contribution in [0, 0.1) is 6.92 Å². The number of hydrogen-bond acceptors (Lipinski definition) is 8. The number of nitrogens with zero attached hydrogens (tertiary/aromatic N) is 4. The zero-order chi connectivity index (χ0) is 25.6. The molecule has 1 aromatic carbocycles. The van der Waals surface area contributed by atoms with Crippen LogP contribution in [-0.2, 0) is 12.7 Å². The number of benzene rings is 1. The van der Waals surface area contributed by atoms with Crippen molar-refractivity contribution in [3.8, 4) is 16.9 Å². The van der Waals surface area contributed by atoms with Crippen molar-refractivity contribution >= 4 is 35.0 Å². The first-order chi connectivity index (χ1) is 17.2. The van der Waals surface area contributed by atoms with E-state index in [9.17, 15) is 13.2 Å². The molecule has 2 aliphatic heterocycles. The SMILES string of the molecule is CSc1cncc(CN2C=COc3cc(-c4c(N)ncc(C(F)(F)F)c4C)c(Cl)c4c3=C2NCN=4)c1. The summed E-state index contributed by atoms with van der Waals surface area (Å²) in [4.78, 5) is 15.6. The fourth-order valence-corrected chi connectivity index (χ4v) is 5.03. The van der Waals surface area contributed by atoms with Gasteiger partial charge in [-0.15, -0.1) is 11.8 Å². The van der Waals surface area contributed by atoms with Crippen molar-refractivity contribution in [3.05, 3.63) is 75.5 Å². The molecule has 0 fully saturated rings. The molecule has 0 bridgehead atoms. The van der Waals surface area contributed by atoms with Gasteiger partial charge in [0, 0.05) is 40.8 Å². The molecule has 186 valence electrons. The van der Waals surface area contributed by atoms with E-state index in [1.807, 2.05) is 11.2 Å². The number of rotatable bonds is 4. The maximum atomic E-state index is 13.6. The van der Waals surface area contributed by atoms with Crippen molar-refractivity contribution in [2.24, 2.45) is 4.99 Å². The second-order valence-corrected chi connectivity index (χ2v) is 9.38. The Morgan fingerprint density at radius 3 is 2.81 bits per heavy atom. The van der Waals surface area contributed by atoms with Crippen LogP contribution in [0.5, 0.6) is 5.75 Å². The van der Waals surface area contributed by atoms with Gasteiger partial charge in [0.25, 0.3) is 0 Å². The summed E-state index contributed by atoms with van der Waals surface area (Å²) in [6.45, 7) is 2.05. The molecule has 12 heteroatoms. The third-order valence-electron chi connectivity index (χ3n) is 5.95. The van der Waals surface area contributed by atoms with E-state index in [0.717, 1.165) is 16.7 Å². The van der Waals surface area contributed by atoms with Crippen LogP contribution in [0.2, 0.25) is 5.02 Å². The summed E-state index contributed by atoms with van der Waals surface area (Å²) in [5, 5.41) is 4.44. The molecule has 7 nitrogen and oxygen atoms in total. The Kier molecular flexibility index (Phi) is 6.21. The Bertz CT molecular complexity index is 1530. The number of halogens is 4. The summed E-state index contributed by atoms with van der Waals surface area (Å²) in [5.74, 6) is 1.01. The standard InChI is InChI=1S/C24H20ClF3N6OS/c1-12-16(24(26,27)28)9-31-22(29)18(12)15-6-17-19-21(20(15)25)32-11-33-23(19)34(3-4-35-17)10-13-5-14(36-2)8-30-7-13/h3-9,33H,10-11H2,1-2H3,(H2,29,31). The quantitative estimate of drug-likeness (QED) is 0.490. The molecule has 36 heavy (non-hydrogen) atoms. The highest BCUT2D eigenvalue weighted by molar-refractivity contribution is 7.98. The average molecular weight is 533 g/mol. The summed E-state index contributed by atoms with van der Waals surface area (Å²) in [7, 11) is 0. The van der Waals surface area contributed by atoms with Crippen LogP contribution in [0.25, 0.3) is 16.9 Å². The van der Waals surface area contributed by atoms with E-state index in [1.54, 1.807) is 36.4 Å². The molecule has 2 aliphatic rings. The van der Waals surface area contributed by atoms with Gasteiger partial charge in [0.1, 0.15) is 30.3 Å². The lowest BCUT2D eigenvalue weighted by Crippen LogP contribution is -2.43. The molecule has 3 aromatic rings. The number of nitrogen functional groups attached to an aromatic ring is 1. The van der Waals surface area contributed by atoms with E-state index in [0.29, 0.717) is 28.7 Å². The number of ether oxygens (including phenoxy) is 1. The van der Waals surface area contributed by atoms with Crippen molar-refractivity contribution in [1.82, 2.24) is 20.2 Å². The monoisotopic (exact) mass is 532 g/mol. The fraction of sp³-hybridized carbons (Fsp3) is 0.208. The van der Waals surface area contributed by atoms with Crippen LogP contribution >= 0.6 is 23.4 Å². The summed E-state index contributed by atoms with van der Waals surface area (Å²) >= 11 is 8.38. The van der Waals surface area contributed by atoms with E-state index < -0.39 is 11.7 Å². The lowest BCUT2D eigenvalue weighted by atomic mass is 9.96. The largest absolute Gasteiger partial charge is 0.463 e. The van der Waals surface area contributed by atoms with E-state index in [1.165, 1.54) is 13.2 Å². The van der Waals surface area contributed by atoms with Gasteiger partial charge in [-0.2, -0.15) is 13.2 Å². The molecule has 0 aliphatic carbocycles. The summed E-state index contributed by atoms with van der Waals surface area (Å²) in [6.07, 6.45) is 4.98.